The maximum absolute atomic E-state index is 14.2. The maximum atomic E-state index is 14.2. The third-order valence-corrected chi connectivity index (χ3v) is 13.1. The van der Waals surface area contributed by atoms with Crippen molar-refractivity contribution in [2.75, 3.05) is 72.0 Å². The molecule has 11 atom stereocenters. The SMILES string of the molecule is CCC(C)CCCCC(=O)N[C@@H](CCN)C(=O)N[C@H](C(=O)N[C@@H](CCN)C(=O)N[C@H]1CCNC(=O)[C@H]([C@@H](C)O)NC(=O)[C@H](CCN)NC(=O)[C@H](CCN)NC(=O)CN2CCN(CC2)C(=O)[C@H](CCN)NC1=O)[C@@H](C)O. The van der Waals surface area contributed by atoms with E-state index < -0.39 is 120 Å². The highest BCUT2D eigenvalue weighted by molar-refractivity contribution is 5.97. The van der Waals surface area contributed by atoms with Gasteiger partial charge in [-0.1, -0.05) is 33.1 Å². The van der Waals surface area contributed by atoms with Crippen molar-refractivity contribution in [2.45, 2.75) is 159 Å². The van der Waals surface area contributed by atoms with E-state index >= 15 is 0 Å². The minimum absolute atomic E-state index is 0.000674. The molecule has 10 amide bonds. The van der Waals surface area contributed by atoms with Gasteiger partial charge < -0.3 is 91.6 Å². The summed E-state index contributed by atoms with van der Waals surface area (Å²) in [6, 6.07) is -11.1. The molecule has 28 heteroatoms. The van der Waals surface area contributed by atoms with Gasteiger partial charge in [0.1, 0.15) is 48.3 Å². The lowest BCUT2D eigenvalue weighted by Gasteiger charge is -2.36. The molecule has 3 saturated heterocycles. The van der Waals surface area contributed by atoms with Gasteiger partial charge in [-0.2, -0.15) is 0 Å². The summed E-state index contributed by atoms with van der Waals surface area (Å²) < 4.78 is 0. The molecule has 3 aliphatic rings. The highest BCUT2D eigenvalue weighted by Crippen LogP contribution is 2.13. The van der Waals surface area contributed by atoms with Crippen LogP contribution in [0.2, 0.25) is 0 Å². The third kappa shape index (κ3) is 23.0. The van der Waals surface area contributed by atoms with Crippen molar-refractivity contribution in [3.63, 3.8) is 0 Å². The van der Waals surface area contributed by atoms with E-state index in [1.165, 1.54) is 18.7 Å². The van der Waals surface area contributed by atoms with Gasteiger partial charge in [-0.25, -0.2) is 0 Å². The number of unbranched alkanes of at least 4 members (excludes halogenated alkanes) is 1. The number of piperazine rings is 1. The highest BCUT2D eigenvalue weighted by atomic mass is 16.3. The molecule has 0 spiro atoms. The molecule has 0 aromatic rings. The molecule has 1 unspecified atom stereocenters. The number of hydrogen-bond acceptors (Lipinski definition) is 18. The molecular formula is C47H88N16O12. The van der Waals surface area contributed by atoms with Crippen molar-refractivity contribution in [2.24, 2.45) is 34.6 Å². The second-order valence-electron chi connectivity index (χ2n) is 19.3. The molecule has 3 heterocycles. The number of nitrogens with zero attached hydrogens (tertiary/aromatic N) is 2. The van der Waals surface area contributed by atoms with Gasteiger partial charge in [0.25, 0.3) is 0 Å². The van der Waals surface area contributed by atoms with Crippen LogP contribution in [-0.4, -0.2) is 212 Å². The Morgan fingerprint density at radius 3 is 1.76 bits per heavy atom. The van der Waals surface area contributed by atoms with E-state index in [0.29, 0.717) is 12.3 Å². The molecule has 0 saturated carbocycles. The average Bonchev–Trinajstić information content (AvgIpc) is 3.36. The molecule has 2 bridgehead atoms. The van der Waals surface area contributed by atoms with Gasteiger partial charge in [0.05, 0.1) is 18.8 Å². The lowest BCUT2D eigenvalue weighted by Crippen LogP contribution is -2.62. The van der Waals surface area contributed by atoms with E-state index in [2.05, 4.69) is 61.7 Å². The molecule has 0 aromatic carbocycles. The summed E-state index contributed by atoms with van der Waals surface area (Å²) in [5, 5.41) is 44.3. The summed E-state index contributed by atoms with van der Waals surface area (Å²) in [4.78, 5) is 140. The second kappa shape index (κ2) is 34.9. The number of nitrogens with one attached hydrogen (secondary N) is 9. The molecule has 3 aliphatic heterocycles. The minimum Gasteiger partial charge on any atom is -0.391 e. The first-order valence-corrected chi connectivity index (χ1v) is 26.2. The van der Waals surface area contributed by atoms with Crippen molar-refractivity contribution in [3.05, 3.63) is 0 Å². The number of fused-ring (bicyclic) bond motifs is 20. The van der Waals surface area contributed by atoms with Gasteiger partial charge in [0.2, 0.25) is 59.1 Å². The van der Waals surface area contributed by atoms with Gasteiger partial charge in [-0.15, -0.1) is 0 Å². The number of amides is 10. The van der Waals surface area contributed by atoms with Crippen LogP contribution >= 0.6 is 0 Å². The zero-order valence-electron chi connectivity index (χ0n) is 44.2. The topological polar surface area (TPSA) is 456 Å². The molecule has 3 fully saturated rings. The number of aliphatic hydroxyl groups excluding tert-OH is 2. The van der Waals surface area contributed by atoms with Crippen molar-refractivity contribution in [1.29, 1.82) is 0 Å². The van der Waals surface area contributed by atoms with Crippen molar-refractivity contribution in [3.8, 4) is 0 Å². The average molecular weight is 1070 g/mol. The monoisotopic (exact) mass is 1070 g/mol. The molecular weight excluding hydrogens is 981 g/mol. The van der Waals surface area contributed by atoms with Crippen LogP contribution in [0.1, 0.15) is 98.3 Å². The first-order valence-electron chi connectivity index (χ1n) is 26.2. The van der Waals surface area contributed by atoms with Crippen LogP contribution < -0.4 is 76.5 Å². The molecule has 0 aliphatic carbocycles. The van der Waals surface area contributed by atoms with E-state index in [-0.39, 0.29) is 117 Å². The number of rotatable bonds is 25. The molecule has 428 valence electrons. The standard InChI is InChI=1S/C47H88N16O12/c1-5-27(2)8-6-7-9-36(66)54-31(11-17-49)43(71)61-39(29(4)65)46(74)58-32(12-18-50)41(69)57-34-15-21-53-45(73)38(28(3)64)60-44(72)33(13-19-51)56-40(68)30(10-16-48)55-37(67)26-62-22-24-63(25-23-62)47(75)35(14-20-52)59-42(34)70/h27-35,38-39,64-65H,5-26,48-52H2,1-4H3,(H,53,73)(H,54,66)(H,55,67)(H,56,68)(H,57,69)(H,58,74)(H,59,70)(H,60,72)(H,61,71)/t27?,28-,29-,30+,31+,32+,33+,34+,35+,38+,39+/m1/s1. The predicted molar refractivity (Wildman–Crippen MR) is 276 cm³/mol. The van der Waals surface area contributed by atoms with Crippen LogP contribution in [0.4, 0.5) is 0 Å². The number of aliphatic hydroxyl groups is 2. The summed E-state index contributed by atoms with van der Waals surface area (Å²) in [5.41, 5.74) is 29.0. The molecule has 0 aromatic heterocycles. The fraction of sp³-hybridized carbons (Fsp3) is 0.787. The largest absolute Gasteiger partial charge is 0.391 e. The van der Waals surface area contributed by atoms with Gasteiger partial charge in [0, 0.05) is 39.1 Å². The first-order chi connectivity index (χ1) is 35.6. The van der Waals surface area contributed by atoms with Crippen LogP contribution in [-0.2, 0) is 47.9 Å². The molecule has 28 nitrogen and oxygen atoms in total. The van der Waals surface area contributed by atoms with E-state index in [9.17, 15) is 58.2 Å². The number of nitrogens with two attached hydrogens (primary N) is 5. The third-order valence-electron chi connectivity index (χ3n) is 13.1. The highest BCUT2D eigenvalue weighted by Gasteiger charge is 2.37. The van der Waals surface area contributed by atoms with E-state index in [4.69, 9.17) is 28.7 Å². The Labute approximate surface area is 439 Å². The Kier molecular flexibility index (Phi) is 30.4. The Balaban J connectivity index is 2.45. The van der Waals surface area contributed by atoms with Gasteiger partial charge in [-0.05, 0) is 97.4 Å². The van der Waals surface area contributed by atoms with Crippen molar-refractivity contribution in [1.82, 2.24) is 57.7 Å². The van der Waals surface area contributed by atoms with Crippen LogP contribution in [0.3, 0.4) is 0 Å². The van der Waals surface area contributed by atoms with Gasteiger partial charge >= 0.3 is 0 Å². The normalized spacial score (nSPS) is 24.1. The first kappa shape index (κ1) is 65.5. The lowest BCUT2D eigenvalue weighted by atomic mass is 10.0. The summed E-state index contributed by atoms with van der Waals surface area (Å²) in [6.07, 6.45) is -0.222. The van der Waals surface area contributed by atoms with Gasteiger partial charge in [-0.3, -0.25) is 52.8 Å². The van der Waals surface area contributed by atoms with Gasteiger partial charge in [0.15, 0.2) is 0 Å². The quantitative estimate of drug-likeness (QED) is 0.0298. The minimum atomic E-state index is -1.65. The smallest absolute Gasteiger partial charge is 0.245 e. The van der Waals surface area contributed by atoms with Crippen LogP contribution in [0.25, 0.3) is 0 Å². The Morgan fingerprint density at radius 2 is 1.20 bits per heavy atom. The summed E-state index contributed by atoms with van der Waals surface area (Å²) >= 11 is 0. The molecule has 3 rings (SSSR count). The summed E-state index contributed by atoms with van der Waals surface area (Å²) in [7, 11) is 0. The maximum Gasteiger partial charge on any atom is 0.245 e. The van der Waals surface area contributed by atoms with Crippen molar-refractivity contribution < 1.29 is 58.2 Å². The Bertz CT molecular complexity index is 1870. The zero-order valence-corrected chi connectivity index (χ0v) is 44.2. The number of hydrogen-bond donors (Lipinski definition) is 16. The molecule has 21 N–H and O–H groups in total. The number of carbonyl (C=O) groups excluding carboxylic acids is 10. The predicted octanol–water partition coefficient (Wildman–Crippen LogP) is -7.36. The zero-order chi connectivity index (χ0) is 56.2. The van der Waals surface area contributed by atoms with Crippen LogP contribution in [0.5, 0.6) is 0 Å². The van der Waals surface area contributed by atoms with Crippen molar-refractivity contribution >= 4 is 59.1 Å². The Hall–Kier alpha value is -5.62. The van der Waals surface area contributed by atoms with Crippen LogP contribution in [0, 0.1) is 5.92 Å². The Morgan fingerprint density at radius 1 is 0.640 bits per heavy atom. The fourth-order valence-corrected chi connectivity index (χ4v) is 8.32. The fourth-order valence-electron chi connectivity index (χ4n) is 8.32. The summed E-state index contributed by atoms with van der Waals surface area (Å²) in [6.45, 7) is 6.52. The second-order valence-corrected chi connectivity index (χ2v) is 19.3. The number of carbonyl (C=O) groups is 10. The van der Waals surface area contributed by atoms with E-state index in [1.54, 1.807) is 4.90 Å². The molecule has 0 radical (unpaired) electrons. The molecule has 75 heavy (non-hydrogen) atoms. The van der Waals surface area contributed by atoms with E-state index in [0.717, 1.165) is 19.3 Å². The van der Waals surface area contributed by atoms with Crippen LogP contribution in [0.15, 0.2) is 0 Å². The lowest BCUT2D eigenvalue weighted by molar-refractivity contribution is -0.139. The summed E-state index contributed by atoms with van der Waals surface area (Å²) in [5.74, 6) is -7.22. The van der Waals surface area contributed by atoms with E-state index in [1.807, 2.05) is 0 Å².